The van der Waals surface area contributed by atoms with Gasteiger partial charge in [0, 0.05) is 11.5 Å². The molecule has 7 heteroatoms. The van der Waals surface area contributed by atoms with Crippen molar-refractivity contribution in [1.29, 1.82) is 0 Å². The van der Waals surface area contributed by atoms with E-state index in [4.69, 9.17) is 4.74 Å². The first-order chi connectivity index (χ1) is 9.53. The molecule has 1 aromatic heterocycles. The summed E-state index contributed by atoms with van der Waals surface area (Å²) in [5.41, 5.74) is -0.540. The number of anilines is 1. The van der Waals surface area contributed by atoms with Gasteiger partial charge in [-0.25, -0.2) is 14.4 Å². The monoisotopic (exact) mass is 281 g/mol. The number of halogens is 1. The Balaban J connectivity index is 2.53. The lowest BCUT2D eigenvalue weighted by atomic mass is 10.1. The first-order valence-electron chi connectivity index (χ1n) is 6.01. The van der Waals surface area contributed by atoms with Crippen LogP contribution in [0.5, 0.6) is 5.75 Å². The molecule has 0 radical (unpaired) electrons. The van der Waals surface area contributed by atoms with Gasteiger partial charge in [0.05, 0.1) is 31.4 Å². The first kappa shape index (κ1) is 14.4. The number of rotatable bonds is 5. The molecule has 0 spiro atoms. The molecule has 0 saturated heterocycles. The third kappa shape index (κ3) is 2.63. The summed E-state index contributed by atoms with van der Waals surface area (Å²) in [7, 11) is 1.37. The van der Waals surface area contributed by atoms with Crippen molar-refractivity contribution in [3.05, 3.63) is 24.3 Å². The number of aliphatic hydroxyl groups excluding tert-OH is 2. The van der Waals surface area contributed by atoms with E-state index >= 15 is 0 Å². The van der Waals surface area contributed by atoms with Crippen LogP contribution in [0.3, 0.4) is 0 Å². The summed E-state index contributed by atoms with van der Waals surface area (Å²) in [5, 5.41) is 22.1. The number of hydrogen-bond acceptors (Lipinski definition) is 6. The summed E-state index contributed by atoms with van der Waals surface area (Å²) in [4.78, 5) is 8.06. The molecule has 20 heavy (non-hydrogen) atoms. The van der Waals surface area contributed by atoms with Crippen LogP contribution in [0.4, 0.5) is 10.2 Å². The molecule has 0 amide bonds. The number of aromatic nitrogens is 2. The average Bonchev–Trinajstić information content (AvgIpc) is 2.46. The van der Waals surface area contributed by atoms with Crippen molar-refractivity contribution in [1.82, 2.24) is 9.97 Å². The Hall–Kier alpha value is -1.99. The normalized spacial score (nSPS) is 11.7. The van der Waals surface area contributed by atoms with E-state index in [1.165, 1.54) is 25.6 Å². The number of ether oxygens (including phenoxy) is 1. The topological polar surface area (TPSA) is 87.5 Å². The molecule has 0 aliphatic heterocycles. The Morgan fingerprint density at radius 1 is 1.30 bits per heavy atom. The van der Waals surface area contributed by atoms with Gasteiger partial charge in [-0.3, -0.25) is 0 Å². The predicted octanol–water partition coefficient (Wildman–Crippen LogP) is 0.933. The fourth-order valence-corrected chi connectivity index (χ4v) is 1.73. The van der Waals surface area contributed by atoms with Crippen LogP contribution in [-0.2, 0) is 0 Å². The minimum atomic E-state index is -0.942. The highest BCUT2D eigenvalue weighted by atomic mass is 19.1. The zero-order valence-electron chi connectivity index (χ0n) is 11.2. The highest BCUT2D eigenvalue weighted by molar-refractivity contribution is 5.90. The van der Waals surface area contributed by atoms with Crippen LogP contribution in [0.1, 0.15) is 6.92 Å². The molecule has 6 nitrogen and oxygen atoms in total. The fourth-order valence-electron chi connectivity index (χ4n) is 1.73. The van der Waals surface area contributed by atoms with E-state index in [-0.39, 0.29) is 19.0 Å². The molecule has 2 aromatic rings. The molecule has 0 unspecified atom stereocenters. The number of nitrogens with one attached hydrogen (secondary N) is 1. The summed E-state index contributed by atoms with van der Waals surface area (Å²) in [5.74, 6) is -0.0549. The maximum Gasteiger partial charge on any atom is 0.167 e. The van der Waals surface area contributed by atoms with Gasteiger partial charge in [0.25, 0.3) is 0 Å². The Morgan fingerprint density at radius 3 is 2.60 bits per heavy atom. The minimum absolute atomic E-state index is 0.0741. The van der Waals surface area contributed by atoms with Crippen molar-refractivity contribution in [2.24, 2.45) is 0 Å². The predicted molar refractivity (Wildman–Crippen MR) is 72.2 cm³/mol. The lowest BCUT2D eigenvalue weighted by molar-refractivity contribution is 0.147. The zero-order valence-corrected chi connectivity index (χ0v) is 11.2. The molecule has 0 saturated carbocycles. The molecule has 2 rings (SSSR count). The van der Waals surface area contributed by atoms with Crippen LogP contribution < -0.4 is 10.1 Å². The quantitative estimate of drug-likeness (QED) is 0.756. The third-order valence-electron chi connectivity index (χ3n) is 3.03. The van der Waals surface area contributed by atoms with Gasteiger partial charge < -0.3 is 20.3 Å². The van der Waals surface area contributed by atoms with Crippen molar-refractivity contribution in [2.45, 2.75) is 12.5 Å². The Labute approximate surface area is 115 Å². The standard InChI is InChI=1S/C13H16FN3O3/c1-13(5-18,6-19)17-12-8-3-11(20-2)9(14)4-10(8)15-7-16-12/h3-4,7,18-19H,5-6H2,1-2H3,(H,15,16,17). The number of nitrogens with zero attached hydrogens (tertiary/aromatic N) is 2. The van der Waals surface area contributed by atoms with E-state index in [9.17, 15) is 14.6 Å². The molecule has 1 heterocycles. The van der Waals surface area contributed by atoms with E-state index < -0.39 is 11.4 Å². The largest absolute Gasteiger partial charge is 0.494 e. The maximum atomic E-state index is 13.6. The smallest absolute Gasteiger partial charge is 0.167 e. The lowest BCUT2D eigenvalue weighted by Crippen LogP contribution is -2.42. The fraction of sp³-hybridized carbons (Fsp3) is 0.385. The summed E-state index contributed by atoms with van der Waals surface area (Å²) < 4.78 is 18.6. The van der Waals surface area contributed by atoms with E-state index in [1.807, 2.05) is 0 Å². The Morgan fingerprint density at radius 2 is 2.00 bits per heavy atom. The molecular weight excluding hydrogens is 265 g/mol. The second-order valence-corrected chi connectivity index (χ2v) is 4.73. The molecule has 0 bridgehead atoms. The Kier molecular flexibility index (Phi) is 4.01. The van der Waals surface area contributed by atoms with Gasteiger partial charge in [0.15, 0.2) is 11.6 Å². The van der Waals surface area contributed by atoms with E-state index in [1.54, 1.807) is 6.92 Å². The van der Waals surface area contributed by atoms with Gasteiger partial charge in [-0.1, -0.05) is 0 Å². The maximum absolute atomic E-state index is 13.6. The number of methoxy groups -OCH3 is 1. The molecule has 0 atom stereocenters. The summed E-state index contributed by atoms with van der Waals surface area (Å²) in [6, 6.07) is 2.72. The van der Waals surface area contributed by atoms with Gasteiger partial charge in [-0.05, 0) is 13.0 Å². The van der Waals surface area contributed by atoms with Gasteiger partial charge in [-0.2, -0.15) is 0 Å². The first-order valence-corrected chi connectivity index (χ1v) is 6.01. The van der Waals surface area contributed by atoms with Crippen LogP contribution in [0.25, 0.3) is 10.9 Å². The number of aliphatic hydroxyl groups is 2. The molecule has 0 aliphatic carbocycles. The second-order valence-electron chi connectivity index (χ2n) is 4.73. The zero-order chi connectivity index (χ0) is 14.8. The lowest BCUT2D eigenvalue weighted by Gasteiger charge is -2.27. The number of hydrogen-bond donors (Lipinski definition) is 3. The van der Waals surface area contributed by atoms with Gasteiger partial charge in [0.1, 0.15) is 12.1 Å². The van der Waals surface area contributed by atoms with Crippen LogP contribution in [-0.4, -0.2) is 46.0 Å². The van der Waals surface area contributed by atoms with Crippen molar-refractivity contribution in [2.75, 3.05) is 25.6 Å². The van der Waals surface area contributed by atoms with E-state index in [0.717, 1.165) is 0 Å². The van der Waals surface area contributed by atoms with Crippen LogP contribution in [0.15, 0.2) is 18.5 Å². The Bertz CT molecular complexity index is 617. The van der Waals surface area contributed by atoms with Gasteiger partial charge in [0.2, 0.25) is 0 Å². The molecule has 108 valence electrons. The summed E-state index contributed by atoms with van der Waals surface area (Å²) in [6.45, 7) is 1.07. The summed E-state index contributed by atoms with van der Waals surface area (Å²) >= 11 is 0. The van der Waals surface area contributed by atoms with Crippen LogP contribution >= 0.6 is 0 Å². The van der Waals surface area contributed by atoms with Crippen molar-refractivity contribution in [3.8, 4) is 5.75 Å². The summed E-state index contributed by atoms with van der Waals surface area (Å²) in [6.07, 6.45) is 1.28. The van der Waals surface area contributed by atoms with Crippen LogP contribution in [0.2, 0.25) is 0 Å². The minimum Gasteiger partial charge on any atom is -0.494 e. The number of fused-ring (bicyclic) bond motifs is 1. The van der Waals surface area contributed by atoms with Gasteiger partial charge in [-0.15, -0.1) is 0 Å². The molecule has 0 fully saturated rings. The van der Waals surface area contributed by atoms with Crippen molar-refractivity contribution < 1.29 is 19.3 Å². The third-order valence-corrected chi connectivity index (χ3v) is 3.03. The van der Waals surface area contributed by atoms with Crippen molar-refractivity contribution >= 4 is 16.7 Å². The molecular formula is C13H16FN3O3. The highest BCUT2D eigenvalue weighted by Crippen LogP contribution is 2.28. The van der Waals surface area contributed by atoms with E-state index in [2.05, 4.69) is 15.3 Å². The average molecular weight is 281 g/mol. The molecule has 1 aromatic carbocycles. The van der Waals surface area contributed by atoms with E-state index in [0.29, 0.717) is 16.7 Å². The highest BCUT2D eigenvalue weighted by Gasteiger charge is 2.23. The number of benzene rings is 1. The molecule has 0 aliphatic rings. The van der Waals surface area contributed by atoms with Crippen molar-refractivity contribution in [3.63, 3.8) is 0 Å². The second kappa shape index (κ2) is 5.56. The SMILES string of the molecule is COc1cc2c(NC(C)(CO)CO)ncnc2cc1F. The molecule has 3 N–H and O–H groups in total. The van der Waals surface area contributed by atoms with Gasteiger partial charge >= 0.3 is 0 Å². The van der Waals surface area contributed by atoms with Crippen LogP contribution in [0, 0.1) is 5.82 Å².